The number of hydrogen-bond donors (Lipinski definition) is 3. The summed E-state index contributed by atoms with van der Waals surface area (Å²) in [5.41, 5.74) is 0.298. The zero-order chi connectivity index (χ0) is 20.2. The molecule has 27 heavy (non-hydrogen) atoms. The minimum Gasteiger partial charge on any atom is -0.386 e. The van der Waals surface area contributed by atoms with Crippen LogP contribution in [0.1, 0.15) is 11.1 Å². The van der Waals surface area contributed by atoms with Gasteiger partial charge in [0.25, 0.3) is 0 Å². The largest absolute Gasteiger partial charge is 0.386 e. The van der Waals surface area contributed by atoms with E-state index in [1.165, 1.54) is 31.3 Å². The van der Waals surface area contributed by atoms with E-state index in [0.29, 0.717) is 5.69 Å². The molecular formula is C16H17FN4O4S2. The van der Waals surface area contributed by atoms with Gasteiger partial charge >= 0.3 is 0 Å². The van der Waals surface area contributed by atoms with Crippen LogP contribution in [-0.4, -0.2) is 30.9 Å². The Balaban J connectivity index is 2.37. The van der Waals surface area contributed by atoms with Gasteiger partial charge in [0, 0.05) is 12.6 Å². The zero-order valence-electron chi connectivity index (χ0n) is 14.4. The molecule has 8 nitrogen and oxygen atoms in total. The summed E-state index contributed by atoms with van der Waals surface area (Å²) in [4.78, 5) is -0.133. The van der Waals surface area contributed by atoms with Gasteiger partial charge in [0.1, 0.15) is 5.82 Å². The van der Waals surface area contributed by atoms with Gasteiger partial charge in [0.15, 0.2) is 0 Å². The zero-order valence-corrected chi connectivity index (χ0v) is 16.1. The van der Waals surface area contributed by atoms with Crippen molar-refractivity contribution in [3.05, 3.63) is 53.3 Å². The molecule has 0 saturated heterocycles. The summed E-state index contributed by atoms with van der Waals surface area (Å²) in [6, 6.07) is 9.12. The summed E-state index contributed by atoms with van der Waals surface area (Å²) in [5, 5.41) is 11.5. The molecule has 2 aromatic rings. The van der Waals surface area contributed by atoms with Crippen molar-refractivity contribution in [3.63, 3.8) is 0 Å². The van der Waals surface area contributed by atoms with Crippen LogP contribution in [0.3, 0.4) is 0 Å². The Morgan fingerprint density at radius 1 is 1.04 bits per heavy atom. The molecule has 11 heteroatoms. The van der Waals surface area contributed by atoms with Crippen LogP contribution < -0.4 is 14.8 Å². The molecule has 0 aromatic heterocycles. The first-order chi connectivity index (χ1) is 12.6. The first-order valence-corrected chi connectivity index (χ1v) is 10.7. The maximum Gasteiger partial charge on any atom is 0.240 e. The van der Waals surface area contributed by atoms with Crippen LogP contribution >= 0.6 is 0 Å². The molecule has 0 aliphatic carbocycles. The molecule has 0 atom stereocenters. The number of benzene rings is 2. The molecule has 0 heterocycles. The minimum atomic E-state index is -4.06. The normalized spacial score (nSPS) is 11.6. The Morgan fingerprint density at radius 2 is 1.74 bits per heavy atom. The van der Waals surface area contributed by atoms with Gasteiger partial charge in [-0.1, -0.05) is 6.07 Å². The molecule has 0 aliphatic rings. The lowest BCUT2D eigenvalue weighted by atomic mass is 10.1. The fourth-order valence-corrected chi connectivity index (χ4v) is 4.23. The fraction of sp³-hybridized carbons (Fsp3) is 0.188. The van der Waals surface area contributed by atoms with Gasteiger partial charge in [-0.3, -0.25) is 4.72 Å². The lowest BCUT2D eigenvalue weighted by Crippen LogP contribution is -2.20. The van der Waals surface area contributed by atoms with Crippen molar-refractivity contribution in [2.45, 2.75) is 10.6 Å². The molecule has 144 valence electrons. The van der Waals surface area contributed by atoms with E-state index in [-0.39, 0.29) is 21.7 Å². The summed E-state index contributed by atoms with van der Waals surface area (Å²) in [5.74, 6) is -1.50. The SMILES string of the molecule is CNc1ccc(S(=O)(=O)NC)cc1NS(=O)(=O)Cc1ccc(C#N)cc1F. The molecule has 0 aliphatic heterocycles. The molecule has 0 unspecified atom stereocenters. The van der Waals surface area contributed by atoms with Crippen molar-refractivity contribution in [1.29, 1.82) is 5.26 Å². The maximum absolute atomic E-state index is 14.0. The predicted octanol–water partition coefficient (Wildman–Crippen LogP) is 1.59. The molecule has 0 fully saturated rings. The summed E-state index contributed by atoms with van der Waals surface area (Å²) in [6.45, 7) is 0. The summed E-state index contributed by atoms with van der Waals surface area (Å²) in [7, 11) is -5.06. The topological polar surface area (TPSA) is 128 Å². The predicted molar refractivity (Wildman–Crippen MR) is 99.6 cm³/mol. The van der Waals surface area contributed by atoms with Crippen molar-refractivity contribution in [2.24, 2.45) is 0 Å². The van der Waals surface area contributed by atoms with E-state index in [2.05, 4.69) is 14.8 Å². The number of nitriles is 1. The van der Waals surface area contributed by atoms with E-state index < -0.39 is 31.6 Å². The molecule has 2 rings (SSSR count). The lowest BCUT2D eigenvalue weighted by Gasteiger charge is -2.14. The molecule has 0 saturated carbocycles. The van der Waals surface area contributed by atoms with Crippen LogP contribution in [-0.2, 0) is 25.8 Å². The number of nitrogens with zero attached hydrogens (tertiary/aromatic N) is 1. The van der Waals surface area contributed by atoms with Crippen molar-refractivity contribution in [3.8, 4) is 6.07 Å². The number of sulfonamides is 2. The van der Waals surface area contributed by atoms with Crippen LogP contribution in [0.2, 0.25) is 0 Å². The monoisotopic (exact) mass is 412 g/mol. The van der Waals surface area contributed by atoms with Crippen LogP contribution in [0.15, 0.2) is 41.3 Å². The standard InChI is InChI=1S/C16H17FN4O4S2/c1-19-15-6-5-13(27(24,25)20-2)8-16(15)21-26(22,23)10-12-4-3-11(9-18)7-14(12)17/h3-8,19-21H,10H2,1-2H3. The number of nitrogens with one attached hydrogen (secondary N) is 3. The third-order valence-electron chi connectivity index (χ3n) is 3.63. The third kappa shape index (κ3) is 4.94. The molecule has 0 bridgehead atoms. The van der Waals surface area contributed by atoms with Crippen LogP contribution in [0, 0.1) is 17.1 Å². The average Bonchev–Trinajstić information content (AvgIpc) is 2.62. The molecule has 2 aromatic carbocycles. The average molecular weight is 412 g/mol. The smallest absolute Gasteiger partial charge is 0.240 e. The van der Waals surface area contributed by atoms with Gasteiger partial charge in [-0.2, -0.15) is 5.26 Å². The van der Waals surface area contributed by atoms with Crippen LogP contribution in [0.25, 0.3) is 0 Å². The number of halogens is 1. The van der Waals surface area contributed by atoms with E-state index in [1.807, 2.05) is 0 Å². The summed E-state index contributed by atoms with van der Waals surface area (Å²) in [6.07, 6.45) is 0. The Bertz CT molecular complexity index is 1110. The van der Waals surface area contributed by atoms with Gasteiger partial charge in [0.05, 0.1) is 33.7 Å². The third-order valence-corrected chi connectivity index (χ3v) is 6.27. The van der Waals surface area contributed by atoms with Gasteiger partial charge in [-0.15, -0.1) is 0 Å². The quantitative estimate of drug-likeness (QED) is 0.634. The number of hydrogen-bond acceptors (Lipinski definition) is 6. The highest BCUT2D eigenvalue weighted by atomic mass is 32.2. The van der Waals surface area contributed by atoms with Crippen molar-refractivity contribution >= 4 is 31.4 Å². The second kappa shape index (κ2) is 7.91. The highest BCUT2D eigenvalue weighted by molar-refractivity contribution is 7.92. The van der Waals surface area contributed by atoms with Gasteiger partial charge in [-0.25, -0.2) is 25.9 Å². The van der Waals surface area contributed by atoms with E-state index in [0.717, 1.165) is 12.1 Å². The Morgan fingerprint density at radius 3 is 2.30 bits per heavy atom. The highest BCUT2D eigenvalue weighted by Gasteiger charge is 2.19. The second-order valence-corrected chi connectivity index (χ2v) is 9.05. The Kier molecular flexibility index (Phi) is 6.04. The van der Waals surface area contributed by atoms with Crippen molar-refractivity contribution < 1.29 is 21.2 Å². The first-order valence-electron chi connectivity index (χ1n) is 7.56. The summed E-state index contributed by atoms with van der Waals surface area (Å²) >= 11 is 0. The van der Waals surface area contributed by atoms with Crippen LogP contribution in [0.5, 0.6) is 0 Å². The van der Waals surface area contributed by atoms with Gasteiger partial charge < -0.3 is 5.32 Å². The van der Waals surface area contributed by atoms with E-state index in [9.17, 15) is 21.2 Å². The highest BCUT2D eigenvalue weighted by Crippen LogP contribution is 2.27. The minimum absolute atomic E-state index is 0.00266. The van der Waals surface area contributed by atoms with E-state index >= 15 is 0 Å². The number of rotatable bonds is 7. The van der Waals surface area contributed by atoms with Gasteiger partial charge in [-0.05, 0) is 37.4 Å². The fourth-order valence-electron chi connectivity index (χ4n) is 2.25. The molecule has 3 N–H and O–H groups in total. The Labute approximate surface area is 157 Å². The first kappa shape index (κ1) is 20.6. The summed E-state index contributed by atoms with van der Waals surface area (Å²) < 4.78 is 67.1. The Hall–Kier alpha value is -2.68. The maximum atomic E-state index is 14.0. The van der Waals surface area contributed by atoms with Crippen molar-refractivity contribution in [1.82, 2.24) is 4.72 Å². The second-order valence-electron chi connectivity index (χ2n) is 5.44. The van der Waals surface area contributed by atoms with E-state index in [4.69, 9.17) is 5.26 Å². The molecule has 0 spiro atoms. The van der Waals surface area contributed by atoms with E-state index in [1.54, 1.807) is 13.1 Å². The van der Waals surface area contributed by atoms with Gasteiger partial charge in [0.2, 0.25) is 20.0 Å². The molecular weight excluding hydrogens is 395 g/mol. The number of anilines is 2. The molecule has 0 radical (unpaired) electrons. The molecule has 0 amide bonds. The lowest BCUT2D eigenvalue weighted by molar-refractivity contribution is 0.587. The van der Waals surface area contributed by atoms with Crippen molar-refractivity contribution in [2.75, 3.05) is 24.1 Å². The van der Waals surface area contributed by atoms with Crippen LogP contribution in [0.4, 0.5) is 15.8 Å².